The van der Waals surface area contributed by atoms with Gasteiger partial charge in [0.1, 0.15) is 0 Å². The second-order valence-corrected chi connectivity index (χ2v) is 9.68. The van der Waals surface area contributed by atoms with Crippen LogP contribution < -0.4 is 10.6 Å². The summed E-state index contributed by atoms with van der Waals surface area (Å²) in [5, 5.41) is 6.00. The number of rotatable bonds is 5. The van der Waals surface area contributed by atoms with Crippen molar-refractivity contribution in [2.45, 2.75) is 25.7 Å². The minimum atomic E-state index is 0.0558. The van der Waals surface area contributed by atoms with Crippen LogP contribution in [0.25, 0.3) is 0 Å². The molecule has 0 heterocycles. The van der Waals surface area contributed by atoms with Crippen LogP contribution in [0.5, 0.6) is 0 Å². The Labute approximate surface area is 166 Å². The van der Waals surface area contributed by atoms with Crippen LogP contribution in [-0.2, 0) is 9.59 Å². The van der Waals surface area contributed by atoms with Crippen molar-refractivity contribution >= 4 is 11.8 Å². The van der Waals surface area contributed by atoms with Gasteiger partial charge in [0.2, 0.25) is 11.8 Å². The number of allylic oxidation sites excluding steroid dienone is 6. The normalized spacial score (nSPS) is 43.1. The van der Waals surface area contributed by atoms with Crippen LogP contribution in [0.4, 0.5) is 0 Å². The van der Waals surface area contributed by atoms with Gasteiger partial charge in [0.25, 0.3) is 0 Å². The Morgan fingerprint density at radius 3 is 1.57 bits per heavy atom. The summed E-state index contributed by atoms with van der Waals surface area (Å²) in [6, 6.07) is 0. The Morgan fingerprint density at radius 2 is 1.14 bits per heavy atom. The van der Waals surface area contributed by atoms with Gasteiger partial charge < -0.3 is 10.6 Å². The smallest absolute Gasteiger partial charge is 0.246 e. The van der Waals surface area contributed by atoms with E-state index in [1.165, 1.54) is 12.8 Å². The van der Waals surface area contributed by atoms with Crippen molar-refractivity contribution in [3.63, 3.8) is 0 Å². The lowest BCUT2D eigenvalue weighted by Gasteiger charge is -2.19. The number of hydrogen-bond acceptors (Lipinski definition) is 2. The fourth-order valence-electron chi connectivity index (χ4n) is 7.02. The number of fused-ring (bicyclic) bond motifs is 10. The molecule has 6 rings (SSSR count). The van der Waals surface area contributed by atoms with Crippen molar-refractivity contribution in [3.05, 3.63) is 47.6 Å². The molecule has 2 fully saturated rings. The van der Waals surface area contributed by atoms with Crippen molar-refractivity contribution in [2.75, 3.05) is 13.1 Å². The topological polar surface area (TPSA) is 58.2 Å². The molecule has 0 aliphatic heterocycles. The highest BCUT2D eigenvalue weighted by atomic mass is 16.2. The number of amides is 2. The molecule has 0 spiro atoms. The minimum absolute atomic E-state index is 0.0558. The molecule has 0 aromatic heterocycles. The van der Waals surface area contributed by atoms with Crippen LogP contribution in [-0.4, -0.2) is 24.9 Å². The summed E-state index contributed by atoms with van der Waals surface area (Å²) in [5.41, 5.74) is 1.91. The zero-order valence-electron chi connectivity index (χ0n) is 16.1. The summed E-state index contributed by atoms with van der Waals surface area (Å²) >= 11 is 0. The van der Waals surface area contributed by atoms with Crippen LogP contribution in [0.15, 0.2) is 47.6 Å². The maximum absolute atomic E-state index is 12.5. The highest BCUT2D eigenvalue weighted by Gasteiger charge is 2.48. The summed E-state index contributed by atoms with van der Waals surface area (Å²) in [7, 11) is 0. The first kappa shape index (κ1) is 16.8. The van der Waals surface area contributed by atoms with Gasteiger partial charge in [-0.15, -0.1) is 0 Å². The first-order valence-corrected chi connectivity index (χ1v) is 11.0. The molecule has 0 radical (unpaired) electrons. The standard InChI is InChI=1S/C24H28N2O2/c27-23(17-9-19-13-1-2-14(7-13)20(19)10-17)25-5-6-26-24(28)18-11-21-15-3-4-16(8-15)22(21)12-18/h1-4,9,11,13-16,19-22H,5-8,10,12H2,(H,25,27)(H,26,28)/t13?,14-,15?,16?,19?,20?,21?,22?/m0/s1. The Bertz CT molecular complexity index is 781. The van der Waals surface area contributed by atoms with Crippen molar-refractivity contribution in [1.82, 2.24) is 10.6 Å². The summed E-state index contributed by atoms with van der Waals surface area (Å²) in [6.07, 6.45) is 18.2. The maximum Gasteiger partial charge on any atom is 0.246 e. The van der Waals surface area contributed by atoms with Gasteiger partial charge in [0, 0.05) is 24.2 Å². The van der Waals surface area contributed by atoms with Crippen molar-refractivity contribution in [1.29, 1.82) is 0 Å². The van der Waals surface area contributed by atoms with Crippen LogP contribution in [0, 0.1) is 47.3 Å². The van der Waals surface area contributed by atoms with E-state index in [2.05, 4.69) is 47.1 Å². The molecule has 2 N–H and O–H groups in total. The first-order valence-electron chi connectivity index (χ1n) is 11.0. The third kappa shape index (κ3) is 2.49. The zero-order chi connectivity index (χ0) is 18.8. The molecule has 2 amide bonds. The van der Waals surface area contributed by atoms with Crippen LogP contribution in [0.1, 0.15) is 25.7 Å². The van der Waals surface area contributed by atoms with Gasteiger partial charge in [0.15, 0.2) is 0 Å². The second kappa shape index (κ2) is 6.20. The lowest BCUT2D eigenvalue weighted by molar-refractivity contribution is -0.119. The summed E-state index contributed by atoms with van der Waals surface area (Å²) in [5.74, 6) is 5.24. The number of hydrogen-bond donors (Lipinski definition) is 2. The molecule has 7 unspecified atom stereocenters. The van der Waals surface area contributed by atoms with Gasteiger partial charge in [-0.25, -0.2) is 0 Å². The average Bonchev–Trinajstić information content (AvgIpc) is 3.51. The molecule has 4 heteroatoms. The van der Waals surface area contributed by atoms with Gasteiger partial charge in [-0.2, -0.15) is 0 Å². The van der Waals surface area contributed by atoms with Crippen molar-refractivity contribution in [2.24, 2.45) is 47.3 Å². The molecule has 8 atom stereocenters. The zero-order valence-corrected chi connectivity index (χ0v) is 16.1. The van der Waals surface area contributed by atoms with E-state index in [1.54, 1.807) is 0 Å². The Balaban J connectivity index is 0.964. The van der Waals surface area contributed by atoms with Crippen molar-refractivity contribution in [3.8, 4) is 0 Å². The molecule has 0 aromatic rings. The van der Waals surface area contributed by atoms with E-state index < -0.39 is 0 Å². The summed E-state index contributed by atoms with van der Waals surface area (Å²) in [6.45, 7) is 0.991. The predicted molar refractivity (Wildman–Crippen MR) is 107 cm³/mol. The van der Waals surface area contributed by atoms with E-state index in [0.717, 1.165) is 24.0 Å². The molecule has 4 bridgehead atoms. The Morgan fingerprint density at radius 1 is 0.714 bits per heavy atom. The molecular formula is C24H28N2O2. The third-order valence-corrected chi connectivity index (χ3v) is 8.36. The predicted octanol–water partition coefficient (Wildman–Crippen LogP) is 2.76. The molecule has 2 saturated carbocycles. The monoisotopic (exact) mass is 376 g/mol. The van der Waals surface area contributed by atoms with Crippen LogP contribution in [0.3, 0.4) is 0 Å². The highest BCUT2D eigenvalue weighted by Crippen LogP contribution is 2.55. The molecule has 0 saturated heterocycles. The maximum atomic E-state index is 12.5. The first-order chi connectivity index (χ1) is 13.7. The lowest BCUT2D eigenvalue weighted by atomic mass is 9.85. The molecule has 6 aliphatic rings. The minimum Gasteiger partial charge on any atom is -0.351 e. The van der Waals surface area contributed by atoms with E-state index >= 15 is 0 Å². The van der Waals surface area contributed by atoms with Crippen molar-refractivity contribution < 1.29 is 9.59 Å². The molecule has 146 valence electrons. The quantitative estimate of drug-likeness (QED) is 0.573. The summed E-state index contributed by atoms with van der Waals surface area (Å²) < 4.78 is 0. The number of nitrogens with one attached hydrogen (secondary N) is 2. The van der Waals surface area contributed by atoms with Gasteiger partial charge in [-0.05, 0) is 73.0 Å². The van der Waals surface area contributed by atoms with E-state index in [4.69, 9.17) is 0 Å². The van der Waals surface area contributed by atoms with E-state index in [9.17, 15) is 9.59 Å². The fraction of sp³-hybridized carbons (Fsp3) is 0.583. The lowest BCUT2D eigenvalue weighted by Crippen LogP contribution is -2.35. The molecule has 4 nitrogen and oxygen atoms in total. The molecule has 28 heavy (non-hydrogen) atoms. The Kier molecular flexibility index (Phi) is 3.72. The van der Waals surface area contributed by atoms with Crippen LogP contribution in [0.2, 0.25) is 0 Å². The third-order valence-electron chi connectivity index (χ3n) is 8.36. The fourth-order valence-corrected chi connectivity index (χ4v) is 7.02. The number of carbonyl (C=O) groups is 2. The molecular weight excluding hydrogens is 348 g/mol. The second-order valence-electron chi connectivity index (χ2n) is 9.68. The van der Waals surface area contributed by atoms with Gasteiger partial charge in [-0.3, -0.25) is 9.59 Å². The largest absolute Gasteiger partial charge is 0.351 e. The highest BCUT2D eigenvalue weighted by molar-refractivity contribution is 5.95. The van der Waals surface area contributed by atoms with E-state index in [0.29, 0.717) is 60.4 Å². The van der Waals surface area contributed by atoms with Gasteiger partial charge in [-0.1, -0.05) is 36.5 Å². The Hall–Kier alpha value is -2.10. The van der Waals surface area contributed by atoms with E-state index in [-0.39, 0.29) is 11.8 Å². The average molecular weight is 377 g/mol. The van der Waals surface area contributed by atoms with Crippen LogP contribution >= 0.6 is 0 Å². The number of carbonyl (C=O) groups excluding carboxylic acids is 2. The van der Waals surface area contributed by atoms with Gasteiger partial charge in [0.05, 0.1) is 0 Å². The molecule has 0 aromatic carbocycles. The SMILES string of the molecule is O=C(NCCNC(=O)C1=CC2C3C=C[C@@H](C3)C2C1)C1=CC2C3C=CC(C3)C2C1. The molecule has 6 aliphatic carbocycles. The summed E-state index contributed by atoms with van der Waals surface area (Å²) in [4.78, 5) is 25.0. The van der Waals surface area contributed by atoms with Gasteiger partial charge >= 0.3 is 0 Å². The van der Waals surface area contributed by atoms with E-state index in [1.807, 2.05) is 0 Å².